The molecule has 0 unspecified atom stereocenters. The number of fused-ring (bicyclic) bond motifs is 1. The maximum Gasteiger partial charge on any atom is 0.420 e. The van der Waals surface area contributed by atoms with Crippen LogP contribution in [-0.2, 0) is 6.18 Å². The van der Waals surface area contributed by atoms with E-state index in [0.29, 0.717) is 28.0 Å². The van der Waals surface area contributed by atoms with E-state index in [0.717, 1.165) is 19.2 Å². The number of ether oxygens (including phenoxy) is 1. The summed E-state index contributed by atoms with van der Waals surface area (Å²) in [7, 11) is 2.81. The zero-order chi connectivity index (χ0) is 25.3. The minimum Gasteiger partial charge on any atom is -0.496 e. The highest BCUT2D eigenvalue weighted by molar-refractivity contribution is 6.05. The minimum atomic E-state index is -4.69. The average Bonchev–Trinajstić information content (AvgIpc) is 2.83. The summed E-state index contributed by atoms with van der Waals surface area (Å²) < 4.78 is 60.3. The van der Waals surface area contributed by atoms with Crippen LogP contribution in [0.4, 0.5) is 29.2 Å². The normalized spacial score (nSPS) is 11.4. The van der Waals surface area contributed by atoms with Crippen molar-refractivity contribution in [2.75, 3.05) is 24.8 Å². The molecule has 0 aliphatic carbocycles. The van der Waals surface area contributed by atoms with Crippen LogP contribution in [0.2, 0.25) is 0 Å². The number of benzene rings is 3. The van der Waals surface area contributed by atoms with E-state index in [4.69, 9.17) is 4.74 Å². The van der Waals surface area contributed by atoms with Gasteiger partial charge in [0.2, 0.25) is 5.95 Å². The fourth-order valence-corrected chi connectivity index (χ4v) is 3.72. The molecule has 1 aromatic heterocycles. The van der Waals surface area contributed by atoms with Crippen molar-refractivity contribution in [2.45, 2.75) is 13.1 Å². The van der Waals surface area contributed by atoms with Crippen LogP contribution in [0.5, 0.6) is 5.75 Å². The Kier molecular flexibility index (Phi) is 6.29. The average molecular weight is 484 g/mol. The molecule has 3 aromatic carbocycles. The standard InChI is InChI=1S/C25H20F4N4O2/c1-13-4-7-17(23(34)32-16-6-9-20(35-3)18(11-16)25(27,28)29)22(26)21(13)14-5-8-19-15(10-14)12-31-24(30-2)33-19/h4-12H,1-3H3,(H,32,34)(H,30,31,33). The number of nitrogens with zero attached hydrogens (tertiary/aromatic N) is 2. The zero-order valence-electron chi connectivity index (χ0n) is 18.9. The molecular weight excluding hydrogens is 464 g/mol. The van der Waals surface area contributed by atoms with Crippen molar-refractivity contribution in [3.8, 4) is 16.9 Å². The number of aromatic nitrogens is 2. The van der Waals surface area contributed by atoms with Crippen LogP contribution in [0.25, 0.3) is 22.0 Å². The summed E-state index contributed by atoms with van der Waals surface area (Å²) in [4.78, 5) is 21.3. The van der Waals surface area contributed by atoms with E-state index in [9.17, 15) is 18.0 Å². The molecule has 0 atom stereocenters. The molecule has 0 saturated heterocycles. The fourth-order valence-electron chi connectivity index (χ4n) is 3.72. The number of hydrogen-bond acceptors (Lipinski definition) is 5. The predicted octanol–water partition coefficient (Wildman–Crippen LogP) is 6.07. The summed E-state index contributed by atoms with van der Waals surface area (Å²) in [5, 5.41) is 5.86. The van der Waals surface area contributed by atoms with Gasteiger partial charge in [0.05, 0.1) is 23.8 Å². The van der Waals surface area contributed by atoms with Gasteiger partial charge in [-0.3, -0.25) is 4.79 Å². The number of halogens is 4. The van der Waals surface area contributed by atoms with Gasteiger partial charge in [-0.25, -0.2) is 14.4 Å². The van der Waals surface area contributed by atoms with Crippen LogP contribution in [0.1, 0.15) is 21.5 Å². The Hall–Kier alpha value is -4.21. The van der Waals surface area contributed by atoms with E-state index in [1.807, 2.05) is 0 Å². The summed E-state index contributed by atoms with van der Waals surface area (Å²) in [6.07, 6.45) is -3.09. The Labute approximate surface area is 198 Å². The second-order valence-electron chi connectivity index (χ2n) is 7.70. The summed E-state index contributed by atoms with van der Waals surface area (Å²) in [5.41, 5.74) is 0.428. The molecule has 10 heteroatoms. The van der Waals surface area contributed by atoms with Crippen molar-refractivity contribution in [2.24, 2.45) is 0 Å². The lowest BCUT2D eigenvalue weighted by atomic mass is 9.96. The van der Waals surface area contributed by atoms with Gasteiger partial charge in [-0.2, -0.15) is 13.2 Å². The lowest BCUT2D eigenvalue weighted by Crippen LogP contribution is -2.16. The van der Waals surface area contributed by atoms with Gasteiger partial charge in [-0.1, -0.05) is 12.1 Å². The lowest BCUT2D eigenvalue weighted by molar-refractivity contribution is -0.138. The third-order valence-corrected chi connectivity index (χ3v) is 5.45. The van der Waals surface area contributed by atoms with E-state index in [2.05, 4.69) is 20.6 Å². The van der Waals surface area contributed by atoms with Crippen molar-refractivity contribution in [3.05, 3.63) is 77.2 Å². The van der Waals surface area contributed by atoms with E-state index < -0.39 is 23.5 Å². The minimum absolute atomic E-state index is 0.146. The first-order chi connectivity index (χ1) is 16.6. The molecule has 0 aliphatic heterocycles. The van der Waals surface area contributed by atoms with Crippen LogP contribution in [-0.4, -0.2) is 30.0 Å². The molecule has 180 valence electrons. The number of carbonyl (C=O) groups excluding carboxylic acids is 1. The van der Waals surface area contributed by atoms with Gasteiger partial charge >= 0.3 is 6.18 Å². The van der Waals surface area contributed by atoms with Gasteiger partial charge in [-0.15, -0.1) is 0 Å². The molecular formula is C25H20F4N4O2. The topological polar surface area (TPSA) is 76.1 Å². The highest BCUT2D eigenvalue weighted by Crippen LogP contribution is 2.38. The molecule has 2 N–H and O–H groups in total. The summed E-state index contributed by atoms with van der Waals surface area (Å²) in [5.74, 6) is -1.62. The second-order valence-corrected chi connectivity index (χ2v) is 7.70. The van der Waals surface area contributed by atoms with Gasteiger partial charge in [0, 0.05) is 29.9 Å². The highest BCUT2D eigenvalue weighted by atomic mass is 19.4. The number of anilines is 2. The lowest BCUT2D eigenvalue weighted by Gasteiger charge is -2.15. The Bertz CT molecular complexity index is 1440. The van der Waals surface area contributed by atoms with Crippen LogP contribution in [0, 0.1) is 12.7 Å². The Balaban J connectivity index is 1.70. The molecule has 6 nitrogen and oxygen atoms in total. The third-order valence-electron chi connectivity index (χ3n) is 5.45. The van der Waals surface area contributed by atoms with Gasteiger partial charge in [-0.05, 0) is 54.4 Å². The van der Waals surface area contributed by atoms with Crippen molar-refractivity contribution >= 4 is 28.4 Å². The van der Waals surface area contributed by atoms with Crippen LogP contribution in [0.3, 0.4) is 0 Å². The summed E-state index contributed by atoms with van der Waals surface area (Å²) >= 11 is 0. The number of hydrogen-bond donors (Lipinski definition) is 2. The van der Waals surface area contributed by atoms with E-state index in [1.54, 1.807) is 44.4 Å². The number of methoxy groups -OCH3 is 1. The second kappa shape index (κ2) is 9.21. The van der Waals surface area contributed by atoms with E-state index >= 15 is 4.39 Å². The van der Waals surface area contributed by atoms with E-state index in [-0.39, 0.29) is 22.6 Å². The molecule has 0 spiro atoms. The number of aryl methyl sites for hydroxylation is 1. The van der Waals surface area contributed by atoms with Crippen LogP contribution < -0.4 is 15.4 Å². The molecule has 35 heavy (non-hydrogen) atoms. The molecule has 0 radical (unpaired) electrons. The van der Waals surface area contributed by atoms with E-state index in [1.165, 1.54) is 12.1 Å². The van der Waals surface area contributed by atoms with Crippen LogP contribution in [0.15, 0.2) is 54.7 Å². The number of rotatable bonds is 5. The molecule has 1 heterocycles. The molecule has 1 amide bonds. The SMILES string of the molecule is CNc1ncc2cc(-c3c(C)ccc(C(=O)Nc4ccc(OC)c(C(F)(F)F)c4)c3F)ccc2n1. The molecule has 0 fully saturated rings. The summed E-state index contributed by atoms with van der Waals surface area (Å²) in [6, 6.07) is 11.1. The first-order valence-electron chi connectivity index (χ1n) is 10.4. The maximum absolute atomic E-state index is 15.6. The third kappa shape index (κ3) is 4.72. The monoisotopic (exact) mass is 484 g/mol. The van der Waals surface area contributed by atoms with Crippen molar-refractivity contribution in [1.29, 1.82) is 0 Å². The Morgan fingerprint density at radius 1 is 1.06 bits per heavy atom. The Morgan fingerprint density at radius 2 is 1.83 bits per heavy atom. The number of nitrogens with one attached hydrogen (secondary N) is 2. The molecule has 4 rings (SSSR count). The predicted molar refractivity (Wildman–Crippen MR) is 125 cm³/mol. The smallest absolute Gasteiger partial charge is 0.420 e. The Morgan fingerprint density at radius 3 is 2.51 bits per heavy atom. The first-order valence-corrected chi connectivity index (χ1v) is 10.4. The van der Waals surface area contributed by atoms with Gasteiger partial charge in [0.25, 0.3) is 5.91 Å². The number of amides is 1. The molecule has 0 aliphatic rings. The van der Waals surface area contributed by atoms with Crippen molar-refractivity contribution in [3.63, 3.8) is 0 Å². The van der Waals surface area contributed by atoms with Gasteiger partial charge in [0.1, 0.15) is 11.6 Å². The number of alkyl halides is 3. The maximum atomic E-state index is 15.6. The molecule has 4 aromatic rings. The number of carbonyl (C=O) groups is 1. The molecule has 0 bridgehead atoms. The quantitative estimate of drug-likeness (QED) is 0.337. The van der Waals surface area contributed by atoms with Gasteiger partial charge in [0.15, 0.2) is 0 Å². The van der Waals surface area contributed by atoms with Gasteiger partial charge < -0.3 is 15.4 Å². The van der Waals surface area contributed by atoms with Crippen molar-refractivity contribution in [1.82, 2.24) is 9.97 Å². The van der Waals surface area contributed by atoms with Crippen LogP contribution >= 0.6 is 0 Å². The summed E-state index contributed by atoms with van der Waals surface area (Å²) in [6.45, 7) is 1.70. The fraction of sp³-hybridized carbons (Fsp3) is 0.160. The first kappa shape index (κ1) is 23.9. The van der Waals surface area contributed by atoms with Crippen molar-refractivity contribution < 1.29 is 27.1 Å². The highest BCUT2D eigenvalue weighted by Gasteiger charge is 2.34. The largest absolute Gasteiger partial charge is 0.496 e. The molecule has 0 saturated carbocycles. The zero-order valence-corrected chi connectivity index (χ0v) is 18.9.